The topological polar surface area (TPSA) is 41.3 Å². The molecule has 3 heteroatoms. The van der Waals surface area contributed by atoms with Gasteiger partial charge in [-0.25, -0.2) is 5.01 Å². The van der Waals surface area contributed by atoms with Crippen LogP contribution in [0, 0.1) is 5.92 Å². The van der Waals surface area contributed by atoms with E-state index in [1.165, 1.54) is 0 Å². The predicted molar refractivity (Wildman–Crippen MR) is 37.8 cm³/mol. The van der Waals surface area contributed by atoms with Gasteiger partial charge in [-0.2, -0.15) is 0 Å². The first-order valence-corrected chi connectivity index (χ1v) is 3.42. The smallest absolute Gasteiger partial charge is 0.0401 e. The molecular formula is C6H15N3. The number of nitrogens with two attached hydrogens (primary N) is 1. The molecule has 0 bridgehead atoms. The van der Waals surface area contributed by atoms with Crippen LogP contribution in [0.25, 0.3) is 0 Å². The highest BCUT2D eigenvalue weighted by molar-refractivity contribution is 4.80. The zero-order valence-corrected chi connectivity index (χ0v) is 6.09. The van der Waals surface area contributed by atoms with Crippen molar-refractivity contribution in [2.24, 2.45) is 11.7 Å². The number of likely N-dealkylation sites (N-methyl/N-ethyl adjacent to an activating group) is 1. The van der Waals surface area contributed by atoms with Crippen molar-refractivity contribution in [3.05, 3.63) is 0 Å². The Balaban J connectivity index is 2.44. The lowest BCUT2D eigenvalue weighted by molar-refractivity contribution is 0.227. The molecular weight excluding hydrogens is 114 g/mol. The normalized spacial score (nSPS) is 37.7. The lowest BCUT2D eigenvalue weighted by Crippen LogP contribution is -2.39. The van der Waals surface area contributed by atoms with E-state index in [0.29, 0.717) is 12.0 Å². The van der Waals surface area contributed by atoms with Crippen LogP contribution in [-0.4, -0.2) is 31.2 Å². The summed E-state index contributed by atoms with van der Waals surface area (Å²) in [6, 6.07) is 0.532. The fourth-order valence-corrected chi connectivity index (χ4v) is 1.31. The average Bonchev–Trinajstić information content (AvgIpc) is 2.12. The zero-order valence-electron chi connectivity index (χ0n) is 6.09. The standard InChI is InChI=1S/C6H15N3/c1-5-4-8-9(2)6(5)3-7/h5-6,8H,3-4,7H2,1-2H3. The maximum atomic E-state index is 5.53. The van der Waals surface area contributed by atoms with Crippen LogP contribution in [0.15, 0.2) is 0 Å². The molecule has 3 nitrogen and oxygen atoms in total. The van der Waals surface area contributed by atoms with E-state index in [0.717, 1.165) is 13.1 Å². The molecule has 3 N–H and O–H groups in total. The van der Waals surface area contributed by atoms with E-state index in [1.54, 1.807) is 0 Å². The Hall–Kier alpha value is -0.120. The Labute approximate surface area is 56.2 Å². The van der Waals surface area contributed by atoms with Crippen LogP contribution >= 0.6 is 0 Å². The van der Waals surface area contributed by atoms with E-state index < -0.39 is 0 Å². The van der Waals surface area contributed by atoms with Gasteiger partial charge in [0.25, 0.3) is 0 Å². The van der Waals surface area contributed by atoms with Gasteiger partial charge in [0.1, 0.15) is 0 Å². The first-order chi connectivity index (χ1) is 4.25. The maximum Gasteiger partial charge on any atom is 0.0401 e. The molecule has 0 aromatic carbocycles. The molecule has 0 amide bonds. The molecule has 0 saturated carbocycles. The van der Waals surface area contributed by atoms with Crippen LogP contribution in [-0.2, 0) is 0 Å². The number of rotatable bonds is 1. The van der Waals surface area contributed by atoms with Crippen molar-refractivity contribution in [2.75, 3.05) is 20.1 Å². The first-order valence-electron chi connectivity index (χ1n) is 3.42. The monoisotopic (exact) mass is 129 g/mol. The quantitative estimate of drug-likeness (QED) is 0.497. The summed E-state index contributed by atoms with van der Waals surface area (Å²) in [5.74, 6) is 0.694. The second-order valence-electron chi connectivity index (χ2n) is 2.75. The minimum atomic E-state index is 0.532. The molecule has 1 saturated heterocycles. The summed E-state index contributed by atoms with van der Waals surface area (Å²) in [4.78, 5) is 0. The summed E-state index contributed by atoms with van der Waals surface area (Å²) in [5, 5.41) is 2.10. The summed E-state index contributed by atoms with van der Waals surface area (Å²) >= 11 is 0. The minimum Gasteiger partial charge on any atom is -0.329 e. The number of nitrogens with one attached hydrogen (secondary N) is 1. The molecule has 0 aliphatic carbocycles. The fraction of sp³-hybridized carbons (Fsp3) is 1.00. The van der Waals surface area contributed by atoms with Crippen molar-refractivity contribution in [2.45, 2.75) is 13.0 Å². The van der Waals surface area contributed by atoms with Gasteiger partial charge in [0.15, 0.2) is 0 Å². The molecule has 0 radical (unpaired) electrons. The van der Waals surface area contributed by atoms with E-state index in [2.05, 4.69) is 17.4 Å². The molecule has 0 aromatic heterocycles. The van der Waals surface area contributed by atoms with Gasteiger partial charge >= 0.3 is 0 Å². The second kappa shape index (κ2) is 2.64. The third-order valence-electron chi connectivity index (χ3n) is 2.06. The van der Waals surface area contributed by atoms with E-state index in [1.807, 2.05) is 7.05 Å². The van der Waals surface area contributed by atoms with E-state index in [-0.39, 0.29) is 0 Å². The summed E-state index contributed by atoms with van der Waals surface area (Å²) in [6.07, 6.45) is 0. The predicted octanol–water partition coefficient (Wildman–Crippen LogP) is -0.600. The lowest BCUT2D eigenvalue weighted by atomic mass is 10.1. The molecule has 1 aliphatic rings. The van der Waals surface area contributed by atoms with Crippen LogP contribution in [0.5, 0.6) is 0 Å². The van der Waals surface area contributed by atoms with Crippen molar-refractivity contribution >= 4 is 0 Å². The Bertz CT molecular complexity index is 84.3. The van der Waals surface area contributed by atoms with E-state index >= 15 is 0 Å². The highest BCUT2D eigenvalue weighted by atomic mass is 15.5. The van der Waals surface area contributed by atoms with Crippen molar-refractivity contribution in [3.63, 3.8) is 0 Å². The van der Waals surface area contributed by atoms with Gasteiger partial charge in [0.05, 0.1) is 0 Å². The highest BCUT2D eigenvalue weighted by Gasteiger charge is 2.26. The van der Waals surface area contributed by atoms with Crippen LogP contribution in [0.2, 0.25) is 0 Å². The number of hydrazine groups is 1. The van der Waals surface area contributed by atoms with Crippen molar-refractivity contribution in [3.8, 4) is 0 Å². The molecule has 1 rings (SSSR count). The molecule has 1 fully saturated rings. The molecule has 0 aromatic rings. The van der Waals surface area contributed by atoms with Gasteiger partial charge < -0.3 is 5.73 Å². The van der Waals surface area contributed by atoms with Gasteiger partial charge in [0, 0.05) is 26.2 Å². The van der Waals surface area contributed by atoms with Gasteiger partial charge in [-0.3, -0.25) is 5.43 Å². The van der Waals surface area contributed by atoms with E-state index in [9.17, 15) is 0 Å². The zero-order chi connectivity index (χ0) is 6.85. The average molecular weight is 129 g/mol. The van der Waals surface area contributed by atoms with Gasteiger partial charge in [0.2, 0.25) is 0 Å². The fourth-order valence-electron chi connectivity index (χ4n) is 1.31. The van der Waals surface area contributed by atoms with Crippen LogP contribution in [0.3, 0.4) is 0 Å². The maximum absolute atomic E-state index is 5.53. The number of nitrogens with zero attached hydrogens (tertiary/aromatic N) is 1. The summed E-state index contributed by atoms with van der Waals surface area (Å²) in [5.41, 5.74) is 8.76. The van der Waals surface area contributed by atoms with Crippen molar-refractivity contribution < 1.29 is 0 Å². The van der Waals surface area contributed by atoms with Gasteiger partial charge in [-0.05, 0) is 5.92 Å². The van der Waals surface area contributed by atoms with Crippen LogP contribution in [0.4, 0.5) is 0 Å². The molecule has 54 valence electrons. The molecule has 1 aliphatic heterocycles. The van der Waals surface area contributed by atoms with Crippen LogP contribution < -0.4 is 11.2 Å². The Morgan fingerprint density at radius 2 is 2.44 bits per heavy atom. The SMILES string of the molecule is CC1CNN(C)C1CN. The second-order valence-corrected chi connectivity index (χ2v) is 2.75. The molecule has 2 unspecified atom stereocenters. The largest absolute Gasteiger partial charge is 0.329 e. The highest BCUT2D eigenvalue weighted by Crippen LogP contribution is 2.11. The van der Waals surface area contributed by atoms with Crippen molar-refractivity contribution in [1.82, 2.24) is 10.4 Å². The first kappa shape index (κ1) is 6.99. The van der Waals surface area contributed by atoms with Gasteiger partial charge in [-0.1, -0.05) is 6.92 Å². The number of hydrogen-bond donors (Lipinski definition) is 2. The Morgan fingerprint density at radius 3 is 2.67 bits per heavy atom. The summed E-state index contributed by atoms with van der Waals surface area (Å²) < 4.78 is 0. The number of hydrogen-bond acceptors (Lipinski definition) is 3. The Kier molecular flexibility index (Phi) is 2.05. The molecule has 1 heterocycles. The third-order valence-corrected chi connectivity index (χ3v) is 2.06. The molecule has 9 heavy (non-hydrogen) atoms. The van der Waals surface area contributed by atoms with Gasteiger partial charge in [-0.15, -0.1) is 0 Å². The molecule has 2 atom stereocenters. The van der Waals surface area contributed by atoms with Crippen molar-refractivity contribution in [1.29, 1.82) is 0 Å². The summed E-state index contributed by atoms with van der Waals surface area (Å²) in [6.45, 7) is 4.04. The minimum absolute atomic E-state index is 0.532. The van der Waals surface area contributed by atoms with Crippen LogP contribution in [0.1, 0.15) is 6.92 Å². The molecule has 0 spiro atoms. The lowest BCUT2D eigenvalue weighted by Gasteiger charge is -2.18. The summed E-state index contributed by atoms with van der Waals surface area (Å²) in [7, 11) is 2.04. The van der Waals surface area contributed by atoms with E-state index in [4.69, 9.17) is 5.73 Å². The Morgan fingerprint density at radius 1 is 1.78 bits per heavy atom. The third kappa shape index (κ3) is 1.23.